The first-order chi connectivity index (χ1) is 10.6. The van der Waals surface area contributed by atoms with E-state index in [0.29, 0.717) is 6.54 Å². The summed E-state index contributed by atoms with van der Waals surface area (Å²) < 4.78 is 4.81. The van der Waals surface area contributed by atoms with Crippen LogP contribution >= 0.6 is 0 Å². The van der Waals surface area contributed by atoms with Crippen molar-refractivity contribution in [3.63, 3.8) is 0 Å². The van der Waals surface area contributed by atoms with Gasteiger partial charge in [-0.2, -0.15) is 0 Å². The normalized spacial score (nSPS) is 28.0. The van der Waals surface area contributed by atoms with Gasteiger partial charge in [0, 0.05) is 36.6 Å². The maximum atomic E-state index is 12.4. The molecule has 0 aliphatic carbocycles. The van der Waals surface area contributed by atoms with Gasteiger partial charge in [0.15, 0.2) is 0 Å². The van der Waals surface area contributed by atoms with Crippen molar-refractivity contribution in [3.8, 4) is 0 Å². The van der Waals surface area contributed by atoms with Crippen LogP contribution in [0.5, 0.6) is 0 Å². The molecular weight excluding hydrogens is 292 g/mol. The second-order valence-electron chi connectivity index (χ2n) is 8.06. The number of hydrogen-bond donors (Lipinski definition) is 0. The maximum absolute atomic E-state index is 12.4. The second-order valence-corrected chi connectivity index (χ2v) is 8.06. The van der Waals surface area contributed by atoms with Crippen LogP contribution in [0.1, 0.15) is 47.0 Å². The van der Waals surface area contributed by atoms with Crippen LogP contribution in [0.3, 0.4) is 0 Å². The fraction of sp³-hybridized carbons (Fsp3) is 0.778. The summed E-state index contributed by atoms with van der Waals surface area (Å²) in [6.45, 7) is 14.1. The third kappa shape index (κ3) is 3.44. The molecule has 0 N–H and O–H groups in total. The molecule has 2 fully saturated rings. The smallest absolute Gasteiger partial charge is 0.310 e. The predicted octanol–water partition coefficient (Wildman–Crippen LogP) is 2.22. The van der Waals surface area contributed by atoms with Crippen LogP contribution in [0.15, 0.2) is 12.7 Å². The molecule has 0 spiro atoms. The number of amides is 1. The zero-order valence-electron chi connectivity index (χ0n) is 15.1. The number of nitrogens with zero attached hydrogens (tertiary/aromatic N) is 2. The van der Waals surface area contributed by atoms with E-state index in [1.807, 2.05) is 11.0 Å². The summed E-state index contributed by atoms with van der Waals surface area (Å²) in [4.78, 5) is 28.6. The summed E-state index contributed by atoms with van der Waals surface area (Å²) in [5.74, 6) is -0.512. The van der Waals surface area contributed by atoms with Gasteiger partial charge in [-0.25, -0.2) is 0 Å². The molecule has 2 aliphatic heterocycles. The first-order valence-corrected chi connectivity index (χ1v) is 8.38. The summed E-state index contributed by atoms with van der Waals surface area (Å²) in [6, 6.07) is 0.170. The predicted molar refractivity (Wildman–Crippen MR) is 89.9 cm³/mol. The van der Waals surface area contributed by atoms with Crippen LogP contribution < -0.4 is 0 Å². The zero-order chi connectivity index (χ0) is 17.4. The molecule has 0 bridgehead atoms. The number of esters is 1. The van der Waals surface area contributed by atoms with Crippen LogP contribution in [0.2, 0.25) is 0 Å². The van der Waals surface area contributed by atoms with Crippen LogP contribution in [0, 0.1) is 5.92 Å². The van der Waals surface area contributed by atoms with Gasteiger partial charge in [-0.15, -0.1) is 6.58 Å². The minimum atomic E-state index is -0.315. The lowest BCUT2D eigenvalue weighted by atomic mass is 9.76. The highest BCUT2D eigenvalue weighted by Crippen LogP contribution is 2.41. The van der Waals surface area contributed by atoms with Gasteiger partial charge in [0.1, 0.15) is 0 Å². The van der Waals surface area contributed by atoms with Gasteiger partial charge in [-0.3, -0.25) is 14.5 Å². The molecule has 5 nitrogen and oxygen atoms in total. The number of likely N-dealkylation sites (tertiary alicyclic amines) is 2. The van der Waals surface area contributed by atoms with Crippen LogP contribution in [-0.2, 0) is 14.3 Å². The number of hydrogen-bond acceptors (Lipinski definition) is 4. The van der Waals surface area contributed by atoms with Crippen molar-refractivity contribution >= 4 is 11.9 Å². The Balaban J connectivity index is 2.18. The van der Waals surface area contributed by atoms with E-state index < -0.39 is 0 Å². The Hall–Kier alpha value is -1.36. The fourth-order valence-electron chi connectivity index (χ4n) is 4.52. The van der Waals surface area contributed by atoms with Gasteiger partial charge in [-0.05, 0) is 40.5 Å². The average Bonchev–Trinajstić information content (AvgIpc) is 2.83. The minimum Gasteiger partial charge on any atom is -0.469 e. The SMILES string of the molecule is C=CCN1C(C)(C)CC(N2CC(C(=O)OC)CC2=O)CC1(C)C. The number of piperidine rings is 1. The van der Waals surface area contributed by atoms with Gasteiger partial charge in [0.05, 0.1) is 13.0 Å². The molecule has 2 heterocycles. The molecule has 2 rings (SSSR count). The van der Waals surface area contributed by atoms with Gasteiger partial charge in [0.2, 0.25) is 5.91 Å². The molecule has 5 heteroatoms. The quantitative estimate of drug-likeness (QED) is 0.588. The van der Waals surface area contributed by atoms with Crippen molar-refractivity contribution in [1.29, 1.82) is 0 Å². The lowest BCUT2D eigenvalue weighted by molar-refractivity contribution is -0.145. The summed E-state index contributed by atoms with van der Waals surface area (Å²) in [5, 5.41) is 0. The monoisotopic (exact) mass is 322 g/mol. The largest absolute Gasteiger partial charge is 0.469 e. The van der Waals surface area contributed by atoms with E-state index >= 15 is 0 Å². The number of rotatable bonds is 4. The Bertz CT molecular complexity index is 480. The number of methoxy groups -OCH3 is 1. The van der Waals surface area contributed by atoms with E-state index in [1.54, 1.807) is 0 Å². The average molecular weight is 322 g/mol. The van der Waals surface area contributed by atoms with Crippen LogP contribution in [-0.4, -0.2) is 59.0 Å². The lowest BCUT2D eigenvalue weighted by Crippen LogP contribution is -2.64. The lowest BCUT2D eigenvalue weighted by Gasteiger charge is -2.56. The number of ether oxygens (including phenoxy) is 1. The Morgan fingerprint density at radius 2 is 1.87 bits per heavy atom. The molecule has 2 aliphatic rings. The van der Waals surface area contributed by atoms with Crippen LogP contribution in [0.25, 0.3) is 0 Å². The Labute approximate surface area is 139 Å². The van der Waals surface area contributed by atoms with E-state index in [4.69, 9.17) is 4.74 Å². The van der Waals surface area contributed by atoms with Crippen LogP contribution in [0.4, 0.5) is 0 Å². The van der Waals surface area contributed by atoms with Crippen molar-refractivity contribution in [3.05, 3.63) is 12.7 Å². The molecule has 1 unspecified atom stereocenters. The van der Waals surface area contributed by atoms with Crippen molar-refractivity contribution < 1.29 is 14.3 Å². The van der Waals surface area contributed by atoms with E-state index in [2.05, 4.69) is 39.2 Å². The third-order valence-corrected chi connectivity index (χ3v) is 5.38. The first kappa shape index (κ1) is 18.0. The molecule has 0 aromatic heterocycles. The topological polar surface area (TPSA) is 49.9 Å². The molecule has 23 heavy (non-hydrogen) atoms. The number of carbonyl (C=O) groups excluding carboxylic acids is 2. The molecule has 0 saturated carbocycles. The highest BCUT2D eigenvalue weighted by Gasteiger charge is 2.49. The van der Waals surface area contributed by atoms with E-state index in [0.717, 1.165) is 19.4 Å². The summed E-state index contributed by atoms with van der Waals surface area (Å²) in [7, 11) is 1.38. The van der Waals surface area contributed by atoms with Gasteiger partial charge in [0.25, 0.3) is 0 Å². The standard InChI is InChI=1S/C18H30N2O3/c1-7-8-20-17(2,3)10-14(11-18(20,4)5)19-12-13(9-15(19)21)16(22)23-6/h7,13-14H,1,8-12H2,2-6H3. The van der Waals surface area contributed by atoms with Crippen molar-refractivity contribution in [1.82, 2.24) is 9.80 Å². The highest BCUT2D eigenvalue weighted by atomic mass is 16.5. The molecule has 2 saturated heterocycles. The fourth-order valence-corrected chi connectivity index (χ4v) is 4.52. The molecular formula is C18H30N2O3. The number of carbonyl (C=O) groups is 2. The van der Waals surface area contributed by atoms with Gasteiger partial charge < -0.3 is 9.64 Å². The molecule has 0 radical (unpaired) electrons. The maximum Gasteiger partial charge on any atom is 0.310 e. The van der Waals surface area contributed by atoms with E-state index in [-0.39, 0.29) is 41.3 Å². The Kier molecular flexibility index (Phi) is 4.90. The molecule has 1 amide bonds. The van der Waals surface area contributed by atoms with Crippen molar-refractivity contribution in [2.75, 3.05) is 20.2 Å². The molecule has 1 atom stereocenters. The second kappa shape index (κ2) is 6.27. The van der Waals surface area contributed by atoms with Crippen molar-refractivity contribution in [2.45, 2.75) is 64.1 Å². The summed E-state index contributed by atoms with van der Waals surface area (Å²) >= 11 is 0. The molecule has 0 aromatic rings. The third-order valence-electron chi connectivity index (χ3n) is 5.38. The van der Waals surface area contributed by atoms with Crippen molar-refractivity contribution in [2.24, 2.45) is 5.92 Å². The van der Waals surface area contributed by atoms with Gasteiger partial charge in [-0.1, -0.05) is 6.08 Å². The summed E-state index contributed by atoms with van der Waals surface area (Å²) in [5.41, 5.74) is -0.0471. The van der Waals surface area contributed by atoms with E-state index in [9.17, 15) is 9.59 Å². The molecule has 130 valence electrons. The van der Waals surface area contributed by atoms with Gasteiger partial charge >= 0.3 is 5.97 Å². The Morgan fingerprint density at radius 3 is 2.35 bits per heavy atom. The Morgan fingerprint density at radius 1 is 1.30 bits per heavy atom. The highest BCUT2D eigenvalue weighted by molar-refractivity contribution is 5.87. The van der Waals surface area contributed by atoms with E-state index in [1.165, 1.54) is 7.11 Å². The first-order valence-electron chi connectivity index (χ1n) is 8.38. The molecule has 0 aromatic carbocycles. The zero-order valence-corrected chi connectivity index (χ0v) is 15.1. The minimum absolute atomic E-state index is 0.0236. The summed E-state index contributed by atoms with van der Waals surface area (Å²) in [6.07, 6.45) is 4.03.